The van der Waals surface area contributed by atoms with Crippen molar-refractivity contribution in [1.82, 2.24) is 15.0 Å². The summed E-state index contributed by atoms with van der Waals surface area (Å²) >= 11 is 0. The van der Waals surface area contributed by atoms with E-state index in [-0.39, 0.29) is 11.8 Å². The Morgan fingerprint density at radius 2 is 2.10 bits per heavy atom. The van der Waals surface area contributed by atoms with Crippen molar-refractivity contribution in [3.63, 3.8) is 0 Å². The highest BCUT2D eigenvalue weighted by molar-refractivity contribution is 5.91. The lowest BCUT2D eigenvalue weighted by molar-refractivity contribution is -0.118. The summed E-state index contributed by atoms with van der Waals surface area (Å²) in [6, 6.07) is 4.49. The third kappa shape index (κ3) is 4.36. The Balaban J connectivity index is 1.47. The quantitative estimate of drug-likeness (QED) is 0.807. The maximum atomic E-state index is 11.9. The van der Waals surface area contributed by atoms with E-state index in [9.17, 15) is 4.79 Å². The molecule has 4 rings (SSSR count). The van der Waals surface area contributed by atoms with Gasteiger partial charge in [-0.1, -0.05) is 25.4 Å². The van der Waals surface area contributed by atoms with Crippen LogP contribution in [0.25, 0.3) is 0 Å². The van der Waals surface area contributed by atoms with Crippen LogP contribution in [0.5, 0.6) is 0 Å². The van der Waals surface area contributed by atoms with Gasteiger partial charge < -0.3 is 14.7 Å². The molecule has 0 aliphatic carbocycles. The van der Waals surface area contributed by atoms with Crippen molar-refractivity contribution in [3.05, 3.63) is 35.3 Å². The molecule has 4 heterocycles. The molecular weight excluding hydrogens is 378 g/mol. The molecule has 2 aliphatic rings. The van der Waals surface area contributed by atoms with E-state index >= 15 is 0 Å². The second-order valence-corrected chi connectivity index (χ2v) is 9.06. The molecule has 0 aromatic carbocycles. The fourth-order valence-electron chi connectivity index (χ4n) is 4.71. The van der Waals surface area contributed by atoms with Crippen molar-refractivity contribution in [2.24, 2.45) is 11.8 Å². The number of carbonyl (C=O) groups excluding carboxylic acids is 1. The van der Waals surface area contributed by atoms with E-state index in [1.807, 2.05) is 33.8 Å². The minimum atomic E-state index is -0.0433. The highest BCUT2D eigenvalue weighted by Gasteiger charge is 2.38. The Labute approximate surface area is 178 Å². The fraction of sp³-hybridized carbons (Fsp3) is 0.609. The van der Waals surface area contributed by atoms with Crippen LogP contribution >= 0.6 is 0 Å². The van der Waals surface area contributed by atoms with E-state index in [4.69, 9.17) is 9.51 Å². The van der Waals surface area contributed by atoms with Gasteiger partial charge in [0.1, 0.15) is 11.6 Å². The average Bonchev–Trinajstić information content (AvgIpc) is 3.20. The molecule has 30 heavy (non-hydrogen) atoms. The number of rotatable bonds is 5. The van der Waals surface area contributed by atoms with Crippen molar-refractivity contribution >= 4 is 17.4 Å². The summed E-state index contributed by atoms with van der Waals surface area (Å²) < 4.78 is 5.36. The van der Waals surface area contributed by atoms with Crippen LogP contribution in [-0.2, 0) is 11.3 Å². The number of carbonyl (C=O) groups is 1. The largest absolute Gasteiger partial charge is 0.361 e. The minimum Gasteiger partial charge on any atom is -0.361 e. The summed E-state index contributed by atoms with van der Waals surface area (Å²) in [5, 5.41) is 7.04. The maximum Gasteiger partial charge on any atom is 0.226 e. The predicted octanol–water partition coefficient (Wildman–Crippen LogP) is 3.77. The molecule has 0 spiro atoms. The molecule has 0 unspecified atom stereocenters. The number of aromatic nitrogens is 2. The number of amides is 1. The number of hydrogen-bond acceptors (Lipinski definition) is 6. The summed E-state index contributed by atoms with van der Waals surface area (Å²) in [5.74, 6) is 2.56. The first-order chi connectivity index (χ1) is 14.4. The molecule has 7 heteroatoms. The van der Waals surface area contributed by atoms with Gasteiger partial charge in [-0.2, -0.15) is 0 Å². The van der Waals surface area contributed by atoms with Crippen molar-refractivity contribution in [1.29, 1.82) is 0 Å². The van der Waals surface area contributed by atoms with Gasteiger partial charge in [0.15, 0.2) is 0 Å². The number of nitrogens with zero attached hydrogens (tertiary/aromatic N) is 4. The number of nitrogens with one attached hydrogen (secondary N) is 1. The molecule has 2 aromatic rings. The van der Waals surface area contributed by atoms with E-state index in [1.54, 1.807) is 6.20 Å². The van der Waals surface area contributed by atoms with Gasteiger partial charge in [-0.3, -0.25) is 9.69 Å². The zero-order chi connectivity index (χ0) is 21.3. The summed E-state index contributed by atoms with van der Waals surface area (Å²) in [6.45, 7) is 11.9. The third-order valence-electron chi connectivity index (χ3n) is 6.50. The van der Waals surface area contributed by atoms with Gasteiger partial charge in [0.2, 0.25) is 5.91 Å². The van der Waals surface area contributed by atoms with E-state index < -0.39 is 0 Å². The standard InChI is InChI=1S/C23H33N5O2/c1-15(2)23(29)25-19-8-9-22(24-11-19)28-10-6-5-7-18-12-27(14-21(18)28)13-20-16(3)26-30-17(20)4/h8-9,11,15,18,21H,5-7,10,12-14H2,1-4H3,(H,25,29)/t18-,21+/m1/s1. The lowest BCUT2D eigenvalue weighted by Gasteiger charge is -2.31. The summed E-state index contributed by atoms with van der Waals surface area (Å²) in [5.41, 5.74) is 2.98. The van der Waals surface area contributed by atoms with Crippen LogP contribution in [0.1, 0.15) is 50.1 Å². The molecule has 0 bridgehead atoms. The molecule has 2 saturated heterocycles. The van der Waals surface area contributed by atoms with E-state index in [0.29, 0.717) is 12.0 Å². The molecule has 2 fully saturated rings. The van der Waals surface area contributed by atoms with Crippen molar-refractivity contribution < 1.29 is 9.32 Å². The SMILES string of the molecule is Cc1noc(C)c1CN1C[C@H]2CCCCN(c3ccc(NC(=O)C(C)C)cn3)[C@H]2C1. The molecule has 2 aliphatic heterocycles. The van der Waals surface area contributed by atoms with Crippen LogP contribution in [-0.4, -0.2) is 46.6 Å². The first kappa shape index (κ1) is 20.8. The van der Waals surface area contributed by atoms with Gasteiger partial charge in [0.05, 0.1) is 17.6 Å². The summed E-state index contributed by atoms with van der Waals surface area (Å²) in [4.78, 5) is 21.7. The smallest absolute Gasteiger partial charge is 0.226 e. The Bertz CT molecular complexity index is 857. The Morgan fingerprint density at radius 3 is 2.77 bits per heavy atom. The Morgan fingerprint density at radius 1 is 1.27 bits per heavy atom. The second-order valence-electron chi connectivity index (χ2n) is 9.06. The molecular formula is C23H33N5O2. The summed E-state index contributed by atoms with van der Waals surface area (Å²) in [6.07, 6.45) is 5.51. The van der Waals surface area contributed by atoms with Crippen molar-refractivity contribution in [2.75, 3.05) is 29.9 Å². The highest BCUT2D eigenvalue weighted by Crippen LogP contribution is 2.34. The van der Waals surface area contributed by atoms with Crippen molar-refractivity contribution in [3.8, 4) is 0 Å². The third-order valence-corrected chi connectivity index (χ3v) is 6.50. The number of anilines is 2. The number of hydrogen-bond donors (Lipinski definition) is 1. The monoisotopic (exact) mass is 411 g/mol. The predicted molar refractivity (Wildman–Crippen MR) is 117 cm³/mol. The Kier molecular flexibility index (Phi) is 6.09. The molecule has 2 aromatic heterocycles. The van der Waals surface area contributed by atoms with Crippen LogP contribution in [0.15, 0.2) is 22.9 Å². The molecule has 0 radical (unpaired) electrons. The molecule has 7 nitrogen and oxygen atoms in total. The van der Waals surface area contributed by atoms with Gasteiger partial charge in [0, 0.05) is 43.7 Å². The normalized spacial score (nSPS) is 22.2. The van der Waals surface area contributed by atoms with E-state index in [1.165, 1.54) is 24.8 Å². The molecule has 2 atom stereocenters. The van der Waals surface area contributed by atoms with Crippen LogP contribution in [0.3, 0.4) is 0 Å². The van der Waals surface area contributed by atoms with Crippen LogP contribution < -0.4 is 10.2 Å². The number of aryl methyl sites for hydroxylation is 2. The minimum absolute atomic E-state index is 0.0187. The van der Waals surface area contributed by atoms with Crippen LogP contribution in [0.2, 0.25) is 0 Å². The zero-order valence-corrected chi connectivity index (χ0v) is 18.5. The lowest BCUT2D eigenvalue weighted by atomic mass is 9.98. The van der Waals surface area contributed by atoms with Gasteiger partial charge in [0.25, 0.3) is 0 Å². The average molecular weight is 412 g/mol. The Hall–Kier alpha value is -2.41. The zero-order valence-electron chi connectivity index (χ0n) is 18.5. The molecule has 162 valence electrons. The molecule has 0 saturated carbocycles. The number of likely N-dealkylation sites (tertiary alicyclic amines) is 1. The van der Waals surface area contributed by atoms with Gasteiger partial charge >= 0.3 is 0 Å². The topological polar surface area (TPSA) is 74.5 Å². The maximum absolute atomic E-state index is 11.9. The fourth-order valence-corrected chi connectivity index (χ4v) is 4.71. The van der Waals surface area contributed by atoms with Gasteiger partial charge in [-0.15, -0.1) is 0 Å². The van der Waals surface area contributed by atoms with Gasteiger partial charge in [-0.05, 0) is 44.7 Å². The first-order valence-electron chi connectivity index (χ1n) is 11.1. The van der Waals surface area contributed by atoms with Crippen LogP contribution in [0, 0.1) is 25.7 Å². The number of fused-ring (bicyclic) bond motifs is 1. The number of pyridine rings is 1. The molecule has 1 N–H and O–H groups in total. The van der Waals surface area contributed by atoms with Crippen molar-refractivity contribution in [2.45, 2.75) is 59.5 Å². The van der Waals surface area contributed by atoms with Gasteiger partial charge in [-0.25, -0.2) is 4.98 Å². The highest BCUT2D eigenvalue weighted by atomic mass is 16.5. The first-order valence-corrected chi connectivity index (χ1v) is 11.1. The molecule has 1 amide bonds. The lowest BCUT2D eigenvalue weighted by Crippen LogP contribution is -2.41. The summed E-state index contributed by atoms with van der Waals surface area (Å²) in [7, 11) is 0. The van der Waals surface area contributed by atoms with E-state index in [0.717, 1.165) is 49.1 Å². The van der Waals surface area contributed by atoms with E-state index in [2.05, 4.69) is 26.3 Å². The van der Waals surface area contributed by atoms with Crippen LogP contribution in [0.4, 0.5) is 11.5 Å². The second kappa shape index (κ2) is 8.76.